The number of anilines is 2. The van der Waals surface area contributed by atoms with Crippen molar-refractivity contribution in [2.45, 2.75) is 20.8 Å². The fourth-order valence-electron chi connectivity index (χ4n) is 1.75. The first-order chi connectivity index (χ1) is 8.58. The lowest BCUT2D eigenvalue weighted by Crippen LogP contribution is -2.26. The van der Waals surface area contributed by atoms with E-state index in [1.807, 2.05) is 19.1 Å². The number of carbonyl (C=O) groups is 1. The van der Waals surface area contributed by atoms with Crippen LogP contribution in [-0.4, -0.2) is 25.5 Å². The molecule has 0 heterocycles. The van der Waals surface area contributed by atoms with E-state index in [0.29, 0.717) is 6.54 Å². The lowest BCUT2D eigenvalue weighted by molar-refractivity contribution is -0.120. The van der Waals surface area contributed by atoms with Crippen molar-refractivity contribution in [1.29, 1.82) is 0 Å². The van der Waals surface area contributed by atoms with E-state index in [1.165, 1.54) is 5.69 Å². The molecule has 1 unspecified atom stereocenters. The predicted molar refractivity (Wildman–Crippen MR) is 76.9 cm³/mol. The molecule has 0 bridgehead atoms. The molecule has 1 rings (SSSR count). The zero-order valence-corrected chi connectivity index (χ0v) is 11.4. The van der Waals surface area contributed by atoms with Gasteiger partial charge in [-0.05, 0) is 38.1 Å². The topological polar surface area (TPSA) is 58.4 Å². The maximum Gasteiger partial charge on any atom is 0.222 e. The van der Waals surface area contributed by atoms with Crippen LogP contribution in [0.2, 0.25) is 0 Å². The summed E-state index contributed by atoms with van der Waals surface area (Å²) >= 11 is 0. The molecule has 0 aliphatic heterocycles. The van der Waals surface area contributed by atoms with Crippen LogP contribution in [0.4, 0.5) is 11.4 Å². The van der Waals surface area contributed by atoms with Gasteiger partial charge in [0.25, 0.3) is 0 Å². The molecular formula is C14H23N3O. The van der Waals surface area contributed by atoms with Crippen LogP contribution in [0.1, 0.15) is 20.8 Å². The summed E-state index contributed by atoms with van der Waals surface area (Å²) in [5, 5.41) is 3.21. The molecule has 0 radical (unpaired) electrons. The van der Waals surface area contributed by atoms with Gasteiger partial charge in [0.05, 0.1) is 5.92 Å². The summed E-state index contributed by atoms with van der Waals surface area (Å²) in [6.45, 7) is 8.68. The lowest BCUT2D eigenvalue weighted by atomic mass is 10.1. The molecule has 0 aromatic heterocycles. The number of benzene rings is 1. The minimum atomic E-state index is -0.276. The van der Waals surface area contributed by atoms with E-state index in [9.17, 15) is 4.79 Å². The molecule has 100 valence electrons. The third-order valence-electron chi connectivity index (χ3n) is 3.09. The molecule has 0 saturated carbocycles. The monoisotopic (exact) mass is 249 g/mol. The van der Waals surface area contributed by atoms with Crippen LogP contribution in [0.15, 0.2) is 24.3 Å². The smallest absolute Gasteiger partial charge is 0.222 e. The molecule has 1 atom stereocenters. The van der Waals surface area contributed by atoms with Gasteiger partial charge >= 0.3 is 0 Å². The second kappa shape index (κ2) is 6.89. The Labute approximate surface area is 109 Å². The number of nitrogens with zero attached hydrogens (tertiary/aromatic N) is 1. The SMILES string of the molecule is CCN(CC)c1ccc(NCC(C)C(N)=O)cc1. The molecule has 0 saturated heterocycles. The number of nitrogens with one attached hydrogen (secondary N) is 1. The van der Waals surface area contributed by atoms with E-state index in [2.05, 4.69) is 36.2 Å². The van der Waals surface area contributed by atoms with Crippen molar-refractivity contribution in [3.63, 3.8) is 0 Å². The molecule has 1 aromatic carbocycles. The molecule has 0 spiro atoms. The molecule has 0 aliphatic rings. The fourth-order valence-corrected chi connectivity index (χ4v) is 1.75. The molecule has 0 aliphatic carbocycles. The van der Waals surface area contributed by atoms with Gasteiger partial charge in [0, 0.05) is 31.0 Å². The van der Waals surface area contributed by atoms with Crippen LogP contribution >= 0.6 is 0 Å². The average molecular weight is 249 g/mol. The number of nitrogens with two attached hydrogens (primary N) is 1. The van der Waals surface area contributed by atoms with Crippen molar-refractivity contribution in [2.24, 2.45) is 11.7 Å². The van der Waals surface area contributed by atoms with E-state index < -0.39 is 0 Å². The maximum absolute atomic E-state index is 10.9. The van der Waals surface area contributed by atoms with Crippen LogP contribution in [0, 0.1) is 5.92 Å². The lowest BCUT2D eigenvalue weighted by Gasteiger charge is -2.21. The zero-order valence-electron chi connectivity index (χ0n) is 11.4. The Kier molecular flexibility index (Phi) is 5.49. The van der Waals surface area contributed by atoms with E-state index in [4.69, 9.17) is 5.73 Å². The van der Waals surface area contributed by atoms with Crippen molar-refractivity contribution in [1.82, 2.24) is 0 Å². The van der Waals surface area contributed by atoms with E-state index >= 15 is 0 Å². The van der Waals surface area contributed by atoms with Gasteiger partial charge in [0.2, 0.25) is 5.91 Å². The molecule has 3 N–H and O–H groups in total. The second-order valence-electron chi connectivity index (χ2n) is 4.40. The molecule has 0 fully saturated rings. The van der Waals surface area contributed by atoms with Gasteiger partial charge in [-0.3, -0.25) is 4.79 Å². The summed E-state index contributed by atoms with van der Waals surface area (Å²) in [5.74, 6) is -0.435. The third kappa shape index (κ3) is 3.95. The summed E-state index contributed by atoms with van der Waals surface area (Å²) < 4.78 is 0. The van der Waals surface area contributed by atoms with Gasteiger partial charge in [-0.2, -0.15) is 0 Å². The number of rotatable bonds is 7. The zero-order chi connectivity index (χ0) is 13.5. The van der Waals surface area contributed by atoms with Gasteiger partial charge in [0.15, 0.2) is 0 Å². The van der Waals surface area contributed by atoms with Gasteiger partial charge in [-0.15, -0.1) is 0 Å². The fraction of sp³-hybridized carbons (Fsp3) is 0.500. The quantitative estimate of drug-likeness (QED) is 0.777. The highest BCUT2D eigenvalue weighted by atomic mass is 16.1. The van der Waals surface area contributed by atoms with Crippen molar-refractivity contribution in [2.75, 3.05) is 29.9 Å². The van der Waals surface area contributed by atoms with E-state index in [0.717, 1.165) is 18.8 Å². The number of carbonyl (C=O) groups excluding carboxylic acids is 1. The Morgan fingerprint density at radius 2 is 1.83 bits per heavy atom. The first-order valence-corrected chi connectivity index (χ1v) is 6.46. The van der Waals surface area contributed by atoms with Crippen molar-refractivity contribution < 1.29 is 4.79 Å². The minimum absolute atomic E-state index is 0.160. The van der Waals surface area contributed by atoms with Crippen molar-refractivity contribution >= 4 is 17.3 Å². The highest BCUT2D eigenvalue weighted by molar-refractivity contribution is 5.76. The van der Waals surface area contributed by atoms with Crippen LogP contribution in [0.25, 0.3) is 0 Å². The van der Waals surface area contributed by atoms with Crippen LogP contribution in [0.5, 0.6) is 0 Å². The van der Waals surface area contributed by atoms with Gasteiger partial charge in [-0.1, -0.05) is 6.92 Å². The Morgan fingerprint density at radius 3 is 2.28 bits per heavy atom. The Morgan fingerprint density at radius 1 is 1.28 bits per heavy atom. The number of amides is 1. The molecular weight excluding hydrogens is 226 g/mol. The number of hydrogen-bond acceptors (Lipinski definition) is 3. The Hall–Kier alpha value is -1.71. The highest BCUT2D eigenvalue weighted by Gasteiger charge is 2.07. The number of hydrogen-bond donors (Lipinski definition) is 2. The Balaban J connectivity index is 2.57. The largest absolute Gasteiger partial charge is 0.384 e. The van der Waals surface area contributed by atoms with E-state index in [-0.39, 0.29) is 11.8 Å². The number of primary amides is 1. The van der Waals surface area contributed by atoms with Gasteiger partial charge < -0.3 is 16.0 Å². The summed E-state index contributed by atoms with van der Waals surface area (Å²) in [6.07, 6.45) is 0. The first kappa shape index (κ1) is 14.4. The normalized spacial score (nSPS) is 11.9. The molecule has 18 heavy (non-hydrogen) atoms. The van der Waals surface area contributed by atoms with Crippen LogP contribution in [-0.2, 0) is 4.79 Å². The van der Waals surface area contributed by atoms with Crippen LogP contribution in [0.3, 0.4) is 0 Å². The van der Waals surface area contributed by atoms with E-state index in [1.54, 1.807) is 0 Å². The molecule has 4 heteroatoms. The van der Waals surface area contributed by atoms with Gasteiger partial charge in [0.1, 0.15) is 0 Å². The third-order valence-corrected chi connectivity index (χ3v) is 3.09. The molecule has 4 nitrogen and oxygen atoms in total. The summed E-state index contributed by atoms with van der Waals surface area (Å²) in [7, 11) is 0. The van der Waals surface area contributed by atoms with Gasteiger partial charge in [-0.25, -0.2) is 0 Å². The maximum atomic E-state index is 10.9. The molecule has 1 amide bonds. The summed E-state index contributed by atoms with van der Waals surface area (Å²) in [4.78, 5) is 13.2. The second-order valence-corrected chi connectivity index (χ2v) is 4.40. The minimum Gasteiger partial charge on any atom is -0.384 e. The van der Waals surface area contributed by atoms with Crippen LogP contribution < -0.4 is 16.0 Å². The summed E-state index contributed by atoms with van der Waals surface area (Å²) in [5.41, 5.74) is 7.44. The van der Waals surface area contributed by atoms with Crippen molar-refractivity contribution in [3.05, 3.63) is 24.3 Å². The van der Waals surface area contributed by atoms with Crippen molar-refractivity contribution in [3.8, 4) is 0 Å². The standard InChI is InChI=1S/C14H23N3O/c1-4-17(5-2)13-8-6-12(7-9-13)16-10-11(3)14(15)18/h6-9,11,16H,4-5,10H2,1-3H3,(H2,15,18). The predicted octanol–water partition coefficient (Wildman–Crippen LogP) is 2.07. The average Bonchev–Trinajstić information content (AvgIpc) is 2.38. The first-order valence-electron chi connectivity index (χ1n) is 6.46. The molecule has 1 aromatic rings. The highest BCUT2D eigenvalue weighted by Crippen LogP contribution is 2.17. The Bertz CT molecular complexity index is 371. The summed E-state index contributed by atoms with van der Waals surface area (Å²) in [6, 6.07) is 8.23.